The predicted molar refractivity (Wildman–Crippen MR) is 88.7 cm³/mol. The number of amides is 1. The van der Waals surface area contributed by atoms with Crippen molar-refractivity contribution in [1.82, 2.24) is 5.32 Å². The maximum atomic E-state index is 12.2. The van der Waals surface area contributed by atoms with Crippen LogP contribution in [0, 0.1) is 20.2 Å². The monoisotopic (exact) mass is 359 g/mol. The summed E-state index contributed by atoms with van der Waals surface area (Å²) in [4.78, 5) is 43.6. The molecule has 2 rings (SSSR count). The Morgan fingerprint density at radius 2 is 1.50 bits per heavy atom. The molecule has 26 heavy (non-hydrogen) atoms. The number of nitro benzene ring substituents is 2. The zero-order valence-electron chi connectivity index (χ0n) is 13.5. The Labute approximate surface area is 146 Å². The van der Waals surface area contributed by atoms with Gasteiger partial charge in [-0.05, 0) is 17.7 Å². The number of hydrogen-bond acceptors (Lipinski definition) is 7. The largest absolute Gasteiger partial charge is 0.465 e. The smallest absolute Gasteiger partial charge is 0.337 e. The molecule has 0 bridgehead atoms. The molecule has 134 valence electrons. The van der Waals surface area contributed by atoms with Gasteiger partial charge < -0.3 is 10.1 Å². The van der Waals surface area contributed by atoms with Gasteiger partial charge in [-0.15, -0.1) is 0 Å². The van der Waals surface area contributed by atoms with Gasteiger partial charge in [0.15, 0.2) is 0 Å². The first-order valence-electron chi connectivity index (χ1n) is 7.21. The van der Waals surface area contributed by atoms with Crippen molar-refractivity contribution in [2.75, 3.05) is 7.11 Å². The quantitative estimate of drug-likeness (QED) is 0.473. The molecule has 0 spiro atoms. The molecule has 0 saturated carbocycles. The molecule has 0 atom stereocenters. The molecule has 0 aliphatic carbocycles. The molecule has 2 aromatic carbocycles. The Hall–Kier alpha value is -3.82. The lowest BCUT2D eigenvalue weighted by Gasteiger charge is -2.06. The van der Waals surface area contributed by atoms with Crippen LogP contribution in [0.4, 0.5) is 11.4 Å². The second kappa shape index (κ2) is 7.83. The van der Waals surface area contributed by atoms with E-state index in [1.54, 1.807) is 12.1 Å². The first kappa shape index (κ1) is 18.5. The van der Waals surface area contributed by atoms with Crippen LogP contribution < -0.4 is 5.32 Å². The average Bonchev–Trinajstić information content (AvgIpc) is 2.65. The minimum atomic E-state index is -0.810. The van der Waals surface area contributed by atoms with E-state index in [0.717, 1.165) is 18.2 Å². The lowest BCUT2D eigenvalue weighted by Crippen LogP contribution is -2.23. The van der Waals surface area contributed by atoms with Gasteiger partial charge in [0.25, 0.3) is 17.3 Å². The molecule has 0 aliphatic heterocycles. The molecule has 10 nitrogen and oxygen atoms in total. The summed E-state index contributed by atoms with van der Waals surface area (Å²) in [5.74, 6) is -1.20. The second-order valence-corrected chi connectivity index (χ2v) is 5.12. The van der Waals surface area contributed by atoms with E-state index < -0.39 is 33.1 Å². The highest BCUT2D eigenvalue weighted by atomic mass is 16.6. The minimum absolute atomic E-state index is 0.0662. The Bertz CT molecular complexity index is 846. The van der Waals surface area contributed by atoms with E-state index in [2.05, 4.69) is 10.1 Å². The van der Waals surface area contributed by atoms with Crippen molar-refractivity contribution in [1.29, 1.82) is 0 Å². The number of esters is 1. The van der Waals surface area contributed by atoms with Gasteiger partial charge in [-0.3, -0.25) is 25.0 Å². The summed E-state index contributed by atoms with van der Waals surface area (Å²) in [7, 11) is 1.26. The Kier molecular flexibility index (Phi) is 5.58. The highest BCUT2D eigenvalue weighted by Gasteiger charge is 2.19. The number of rotatable bonds is 6. The highest BCUT2D eigenvalue weighted by molar-refractivity contribution is 5.95. The SMILES string of the molecule is COC(=O)c1ccc(CNC(=O)c2cc([N+](=O)[O-])cc([N+](=O)[O-])c2)cc1. The molecule has 0 fully saturated rings. The first-order valence-corrected chi connectivity index (χ1v) is 7.21. The van der Waals surface area contributed by atoms with E-state index in [4.69, 9.17) is 0 Å². The van der Waals surface area contributed by atoms with Crippen molar-refractivity contribution in [3.05, 3.63) is 79.4 Å². The van der Waals surface area contributed by atoms with Crippen LogP contribution in [0.5, 0.6) is 0 Å². The fraction of sp³-hybridized carbons (Fsp3) is 0.125. The van der Waals surface area contributed by atoms with Gasteiger partial charge in [0.2, 0.25) is 0 Å². The van der Waals surface area contributed by atoms with Crippen molar-refractivity contribution >= 4 is 23.3 Å². The van der Waals surface area contributed by atoms with E-state index in [-0.39, 0.29) is 12.1 Å². The van der Waals surface area contributed by atoms with Gasteiger partial charge >= 0.3 is 5.97 Å². The van der Waals surface area contributed by atoms with Gasteiger partial charge in [-0.25, -0.2) is 4.79 Å². The van der Waals surface area contributed by atoms with Crippen molar-refractivity contribution in [3.63, 3.8) is 0 Å². The Morgan fingerprint density at radius 3 is 1.96 bits per heavy atom. The molecule has 0 saturated heterocycles. The van der Waals surface area contributed by atoms with Crippen LogP contribution in [0.2, 0.25) is 0 Å². The summed E-state index contributed by atoms with van der Waals surface area (Å²) in [6.07, 6.45) is 0. The van der Waals surface area contributed by atoms with Crippen LogP contribution >= 0.6 is 0 Å². The number of carbonyl (C=O) groups is 2. The fourth-order valence-corrected chi connectivity index (χ4v) is 2.10. The molecule has 10 heteroatoms. The summed E-state index contributed by atoms with van der Waals surface area (Å²) in [6.45, 7) is 0.0662. The maximum absolute atomic E-state index is 12.2. The third kappa shape index (κ3) is 4.38. The fourth-order valence-electron chi connectivity index (χ4n) is 2.10. The number of nitro groups is 2. The van der Waals surface area contributed by atoms with Crippen molar-refractivity contribution in [3.8, 4) is 0 Å². The number of hydrogen-bond donors (Lipinski definition) is 1. The molecular formula is C16H13N3O7. The van der Waals surface area contributed by atoms with Crippen LogP contribution in [0.25, 0.3) is 0 Å². The molecule has 2 aromatic rings. The van der Waals surface area contributed by atoms with Crippen LogP contribution in [0.15, 0.2) is 42.5 Å². The van der Waals surface area contributed by atoms with E-state index in [1.165, 1.54) is 19.2 Å². The summed E-state index contributed by atoms with van der Waals surface area (Å²) in [6, 6.07) is 8.94. The predicted octanol–water partition coefficient (Wildman–Crippen LogP) is 2.22. The van der Waals surface area contributed by atoms with Crippen molar-refractivity contribution in [2.24, 2.45) is 0 Å². The lowest BCUT2D eigenvalue weighted by molar-refractivity contribution is -0.394. The van der Waals surface area contributed by atoms with Crippen LogP contribution in [-0.4, -0.2) is 28.8 Å². The van der Waals surface area contributed by atoms with Gasteiger partial charge in [-0.2, -0.15) is 0 Å². The van der Waals surface area contributed by atoms with Gasteiger partial charge in [0, 0.05) is 18.7 Å². The highest BCUT2D eigenvalue weighted by Crippen LogP contribution is 2.22. The molecule has 0 radical (unpaired) electrons. The number of methoxy groups -OCH3 is 1. The zero-order valence-corrected chi connectivity index (χ0v) is 13.5. The Morgan fingerprint density at radius 1 is 0.962 bits per heavy atom. The van der Waals surface area contributed by atoms with E-state index in [9.17, 15) is 29.8 Å². The van der Waals surface area contributed by atoms with Gasteiger partial charge in [-0.1, -0.05) is 12.1 Å². The molecule has 0 heterocycles. The standard InChI is InChI=1S/C16H13N3O7/c1-26-16(21)11-4-2-10(3-5-11)9-17-15(20)12-6-13(18(22)23)8-14(7-12)19(24)25/h2-8H,9H2,1H3,(H,17,20). The minimum Gasteiger partial charge on any atom is -0.465 e. The van der Waals surface area contributed by atoms with Crippen LogP contribution in [0.1, 0.15) is 26.3 Å². The number of carbonyl (C=O) groups excluding carboxylic acids is 2. The van der Waals surface area contributed by atoms with Crippen LogP contribution in [0.3, 0.4) is 0 Å². The normalized spacial score (nSPS) is 10.0. The maximum Gasteiger partial charge on any atom is 0.337 e. The van der Waals surface area contributed by atoms with Crippen molar-refractivity contribution < 1.29 is 24.2 Å². The third-order valence-corrected chi connectivity index (χ3v) is 3.41. The number of nitrogens with one attached hydrogen (secondary N) is 1. The van der Waals surface area contributed by atoms with Crippen LogP contribution in [-0.2, 0) is 11.3 Å². The summed E-state index contributed by atoms with van der Waals surface area (Å²) < 4.78 is 4.57. The number of ether oxygens (including phenoxy) is 1. The average molecular weight is 359 g/mol. The Balaban J connectivity index is 2.13. The molecule has 0 aliphatic rings. The van der Waals surface area contributed by atoms with Gasteiger partial charge in [0.05, 0.1) is 34.1 Å². The summed E-state index contributed by atoms with van der Waals surface area (Å²) >= 11 is 0. The number of non-ortho nitro benzene ring substituents is 2. The number of benzene rings is 2. The molecule has 1 amide bonds. The summed E-state index contributed by atoms with van der Waals surface area (Å²) in [5, 5.41) is 24.2. The topological polar surface area (TPSA) is 142 Å². The summed E-state index contributed by atoms with van der Waals surface area (Å²) in [5.41, 5.74) is -0.293. The third-order valence-electron chi connectivity index (χ3n) is 3.41. The number of nitrogens with zero attached hydrogens (tertiary/aromatic N) is 2. The second-order valence-electron chi connectivity index (χ2n) is 5.12. The first-order chi connectivity index (χ1) is 12.3. The molecule has 1 N–H and O–H groups in total. The van der Waals surface area contributed by atoms with E-state index >= 15 is 0 Å². The molecular weight excluding hydrogens is 346 g/mol. The van der Waals surface area contributed by atoms with E-state index in [0.29, 0.717) is 11.1 Å². The lowest BCUT2D eigenvalue weighted by atomic mass is 10.1. The van der Waals surface area contributed by atoms with E-state index in [1.807, 2.05) is 0 Å². The van der Waals surface area contributed by atoms with Gasteiger partial charge in [0.1, 0.15) is 0 Å². The van der Waals surface area contributed by atoms with Crippen molar-refractivity contribution in [2.45, 2.75) is 6.54 Å². The molecule has 0 unspecified atom stereocenters. The molecule has 0 aromatic heterocycles. The zero-order chi connectivity index (χ0) is 19.3.